The maximum Gasteiger partial charge on any atom is -0.0184 e. The predicted molar refractivity (Wildman–Crippen MR) is 63.7 cm³/mol. The molecule has 0 heterocycles. The molecule has 0 aromatic heterocycles. The van der Waals surface area contributed by atoms with Gasteiger partial charge in [-0.05, 0) is 35.8 Å². The lowest BCUT2D eigenvalue weighted by Crippen LogP contribution is -1.83. The molecule has 1 aliphatic rings. The predicted octanol–water partition coefficient (Wildman–Crippen LogP) is 4.40. The van der Waals surface area contributed by atoms with Crippen LogP contribution in [0.5, 0.6) is 0 Å². The van der Waals surface area contributed by atoms with E-state index in [9.17, 15) is 0 Å². The maximum absolute atomic E-state index is 2.31. The van der Waals surface area contributed by atoms with E-state index in [0.717, 1.165) is 11.8 Å². The van der Waals surface area contributed by atoms with Gasteiger partial charge in [-0.1, -0.05) is 52.0 Å². The fourth-order valence-corrected chi connectivity index (χ4v) is 1.77. The first-order chi connectivity index (χ1) is 6.61. The van der Waals surface area contributed by atoms with Crippen LogP contribution in [0.3, 0.4) is 0 Å². The molecule has 0 bridgehead atoms. The van der Waals surface area contributed by atoms with E-state index < -0.39 is 0 Å². The highest BCUT2D eigenvalue weighted by Crippen LogP contribution is 2.31. The van der Waals surface area contributed by atoms with Crippen LogP contribution >= 0.6 is 0 Å². The summed E-state index contributed by atoms with van der Waals surface area (Å²) in [6.07, 6.45) is 2.64. The van der Waals surface area contributed by atoms with Crippen LogP contribution in [0, 0.1) is 5.92 Å². The molecule has 1 aromatic carbocycles. The third-order valence-electron chi connectivity index (χ3n) is 2.43. The molecule has 14 heavy (non-hydrogen) atoms. The fraction of sp³-hybridized carbons (Fsp3) is 0.571. The summed E-state index contributed by atoms with van der Waals surface area (Å²) in [5.41, 5.74) is 3.14. The van der Waals surface area contributed by atoms with Gasteiger partial charge in [0.05, 0.1) is 0 Å². The van der Waals surface area contributed by atoms with Crippen molar-refractivity contribution in [3.8, 4) is 0 Å². The molecule has 1 aromatic rings. The second kappa shape index (κ2) is 5.19. The topological polar surface area (TPSA) is 0 Å². The van der Waals surface area contributed by atoms with Gasteiger partial charge in [0.25, 0.3) is 0 Å². The molecule has 0 saturated heterocycles. The van der Waals surface area contributed by atoms with Crippen LogP contribution in [0.2, 0.25) is 0 Å². The SMILES string of the molecule is CC(C)C.CC1CCc2ccccc21. The summed E-state index contributed by atoms with van der Waals surface area (Å²) >= 11 is 0. The third kappa shape index (κ3) is 3.17. The van der Waals surface area contributed by atoms with E-state index >= 15 is 0 Å². The van der Waals surface area contributed by atoms with Crippen molar-refractivity contribution in [2.45, 2.75) is 46.5 Å². The van der Waals surface area contributed by atoms with Crippen molar-refractivity contribution in [1.82, 2.24) is 0 Å². The van der Waals surface area contributed by atoms with Crippen LogP contribution < -0.4 is 0 Å². The van der Waals surface area contributed by atoms with Crippen molar-refractivity contribution in [2.75, 3.05) is 0 Å². The minimum Gasteiger partial charge on any atom is -0.0630 e. The Morgan fingerprint density at radius 1 is 1.14 bits per heavy atom. The highest BCUT2D eigenvalue weighted by atomic mass is 14.2. The minimum atomic E-state index is 0.802. The van der Waals surface area contributed by atoms with Crippen LogP contribution in [0.25, 0.3) is 0 Å². The van der Waals surface area contributed by atoms with Gasteiger partial charge in [0.15, 0.2) is 0 Å². The fourth-order valence-electron chi connectivity index (χ4n) is 1.77. The summed E-state index contributed by atoms with van der Waals surface area (Å²) in [7, 11) is 0. The van der Waals surface area contributed by atoms with Crippen LogP contribution in [0.4, 0.5) is 0 Å². The molecule has 2 rings (SSSR count). The molecule has 0 heteroatoms. The van der Waals surface area contributed by atoms with Gasteiger partial charge in [-0.3, -0.25) is 0 Å². The highest BCUT2D eigenvalue weighted by molar-refractivity contribution is 5.33. The molecule has 1 unspecified atom stereocenters. The Labute approximate surface area is 88.4 Å². The molecule has 0 nitrogen and oxygen atoms in total. The van der Waals surface area contributed by atoms with Crippen LogP contribution in [0.1, 0.15) is 51.2 Å². The Kier molecular flexibility index (Phi) is 4.19. The number of fused-ring (bicyclic) bond motifs is 1. The first-order valence-corrected chi connectivity index (χ1v) is 5.69. The van der Waals surface area contributed by atoms with E-state index in [2.05, 4.69) is 52.0 Å². The number of hydrogen-bond acceptors (Lipinski definition) is 0. The van der Waals surface area contributed by atoms with E-state index in [1.165, 1.54) is 12.8 Å². The molecule has 0 saturated carbocycles. The van der Waals surface area contributed by atoms with E-state index in [0.29, 0.717) is 0 Å². The first-order valence-electron chi connectivity index (χ1n) is 5.69. The van der Waals surface area contributed by atoms with Crippen LogP contribution in [-0.2, 0) is 6.42 Å². The van der Waals surface area contributed by atoms with Gasteiger partial charge >= 0.3 is 0 Å². The summed E-state index contributed by atoms with van der Waals surface area (Å²) in [6.45, 7) is 8.81. The van der Waals surface area contributed by atoms with Gasteiger partial charge in [0.1, 0.15) is 0 Å². The van der Waals surface area contributed by atoms with Gasteiger partial charge in [-0.25, -0.2) is 0 Å². The van der Waals surface area contributed by atoms with E-state index in [4.69, 9.17) is 0 Å². The molecule has 0 amide bonds. The van der Waals surface area contributed by atoms with Crippen molar-refractivity contribution in [1.29, 1.82) is 0 Å². The van der Waals surface area contributed by atoms with Gasteiger partial charge in [0.2, 0.25) is 0 Å². The summed E-state index contributed by atoms with van der Waals surface area (Å²) in [6, 6.07) is 8.78. The Morgan fingerprint density at radius 2 is 1.71 bits per heavy atom. The van der Waals surface area contributed by atoms with E-state index in [1.807, 2.05) is 0 Å². The first kappa shape index (κ1) is 11.3. The summed E-state index contributed by atoms with van der Waals surface area (Å²) in [4.78, 5) is 0. The number of aryl methyl sites for hydroxylation is 1. The minimum absolute atomic E-state index is 0.802. The molecule has 1 atom stereocenters. The third-order valence-corrected chi connectivity index (χ3v) is 2.43. The molecule has 78 valence electrons. The Bertz CT molecular complexity index is 270. The molecular weight excluding hydrogens is 168 g/mol. The molecule has 0 N–H and O–H groups in total. The van der Waals surface area contributed by atoms with Crippen molar-refractivity contribution >= 4 is 0 Å². The zero-order valence-corrected chi connectivity index (χ0v) is 9.88. The molecule has 1 aliphatic carbocycles. The average molecular weight is 190 g/mol. The van der Waals surface area contributed by atoms with Gasteiger partial charge < -0.3 is 0 Å². The smallest absolute Gasteiger partial charge is 0.0184 e. The molecule has 0 fully saturated rings. The lowest BCUT2D eigenvalue weighted by atomic mass is 10.0. The van der Waals surface area contributed by atoms with Gasteiger partial charge in [-0.2, -0.15) is 0 Å². The molecular formula is C14H22. The molecule has 0 aliphatic heterocycles. The standard InChI is InChI=1S/C10H12.C4H10/c1-8-6-7-9-4-2-3-5-10(8)9;1-4(2)3/h2-5,8H,6-7H2,1H3;4H,1-3H3. The Hall–Kier alpha value is -0.780. The number of hydrogen-bond donors (Lipinski definition) is 0. The van der Waals surface area contributed by atoms with Crippen molar-refractivity contribution < 1.29 is 0 Å². The second-order valence-corrected chi connectivity index (χ2v) is 4.87. The van der Waals surface area contributed by atoms with Gasteiger partial charge in [-0.15, -0.1) is 0 Å². The zero-order valence-electron chi connectivity index (χ0n) is 9.88. The molecule has 0 radical (unpaired) electrons. The zero-order chi connectivity index (χ0) is 10.6. The van der Waals surface area contributed by atoms with Crippen molar-refractivity contribution in [2.24, 2.45) is 5.92 Å². The largest absolute Gasteiger partial charge is 0.0630 e. The second-order valence-electron chi connectivity index (χ2n) is 4.87. The van der Waals surface area contributed by atoms with Crippen molar-refractivity contribution in [3.63, 3.8) is 0 Å². The van der Waals surface area contributed by atoms with E-state index in [-0.39, 0.29) is 0 Å². The van der Waals surface area contributed by atoms with Gasteiger partial charge in [0, 0.05) is 0 Å². The average Bonchev–Trinajstić information content (AvgIpc) is 2.48. The Balaban J connectivity index is 0.000000213. The van der Waals surface area contributed by atoms with Crippen LogP contribution in [-0.4, -0.2) is 0 Å². The lowest BCUT2D eigenvalue weighted by molar-refractivity contribution is 0.737. The number of benzene rings is 1. The summed E-state index contributed by atoms with van der Waals surface area (Å²) in [5.74, 6) is 1.64. The lowest BCUT2D eigenvalue weighted by Gasteiger charge is -2.01. The summed E-state index contributed by atoms with van der Waals surface area (Å²) in [5, 5.41) is 0. The summed E-state index contributed by atoms with van der Waals surface area (Å²) < 4.78 is 0. The van der Waals surface area contributed by atoms with Crippen LogP contribution in [0.15, 0.2) is 24.3 Å². The van der Waals surface area contributed by atoms with Crippen molar-refractivity contribution in [3.05, 3.63) is 35.4 Å². The Morgan fingerprint density at radius 3 is 2.29 bits per heavy atom. The van der Waals surface area contributed by atoms with E-state index in [1.54, 1.807) is 11.1 Å². The quantitative estimate of drug-likeness (QED) is 0.569. The monoisotopic (exact) mass is 190 g/mol. The number of rotatable bonds is 0. The maximum atomic E-state index is 2.31. The normalized spacial score (nSPS) is 18.8. The highest BCUT2D eigenvalue weighted by Gasteiger charge is 2.16. The molecule has 0 spiro atoms.